The number of hydrogen-bond acceptors (Lipinski definition) is 4. The lowest BCUT2D eigenvalue weighted by molar-refractivity contribution is -0.114. The van der Waals surface area contributed by atoms with Crippen LogP contribution in [0.2, 0.25) is 0 Å². The second-order valence-electron chi connectivity index (χ2n) is 20.5. The third kappa shape index (κ3) is 6.81. The minimum Gasteiger partial charge on any atom is -0.289 e. The lowest BCUT2D eigenvalue weighted by Crippen LogP contribution is -2.30. The molecule has 55 heavy (non-hydrogen) atoms. The summed E-state index contributed by atoms with van der Waals surface area (Å²) in [5, 5.41) is 0. The summed E-state index contributed by atoms with van der Waals surface area (Å²) in [6, 6.07) is 18.5. The van der Waals surface area contributed by atoms with E-state index in [1.165, 1.54) is 0 Å². The third-order valence-corrected chi connectivity index (χ3v) is 11.8. The fourth-order valence-electron chi connectivity index (χ4n) is 9.00. The van der Waals surface area contributed by atoms with Gasteiger partial charge in [0, 0.05) is 56.4 Å². The summed E-state index contributed by atoms with van der Waals surface area (Å²) in [5.41, 5.74) is 6.14. The van der Waals surface area contributed by atoms with Crippen molar-refractivity contribution in [3.63, 3.8) is 0 Å². The Morgan fingerprint density at radius 3 is 0.945 bits per heavy atom. The van der Waals surface area contributed by atoms with Crippen LogP contribution >= 0.6 is 0 Å². The topological polar surface area (TPSA) is 68.3 Å². The number of Topliss-reactive ketones (excluding diaryl/α,β-unsaturated/α-hetero) is 4. The van der Waals surface area contributed by atoms with Gasteiger partial charge in [-0.15, -0.1) is 0 Å². The Morgan fingerprint density at radius 1 is 0.455 bits per heavy atom. The molecular weight excluding hydrogens is 677 g/mol. The molecule has 4 aliphatic rings. The molecule has 2 bridgehead atoms. The summed E-state index contributed by atoms with van der Waals surface area (Å²) in [5.74, 6) is -1.22. The second kappa shape index (κ2) is 13.2. The van der Waals surface area contributed by atoms with Gasteiger partial charge in [0.25, 0.3) is 0 Å². The number of ketones is 4. The van der Waals surface area contributed by atoms with E-state index in [9.17, 15) is 9.59 Å². The molecule has 4 heteroatoms. The molecule has 2 unspecified atom stereocenters. The van der Waals surface area contributed by atoms with E-state index in [0.717, 1.165) is 22.3 Å². The van der Waals surface area contributed by atoms with Gasteiger partial charge in [-0.25, -0.2) is 0 Å². The van der Waals surface area contributed by atoms with Crippen LogP contribution in [0.25, 0.3) is 0 Å². The highest BCUT2D eigenvalue weighted by Gasteiger charge is 2.62. The van der Waals surface area contributed by atoms with Crippen LogP contribution in [-0.4, -0.2) is 23.1 Å². The van der Waals surface area contributed by atoms with Crippen molar-refractivity contribution in [2.24, 2.45) is 38.9 Å². The molecular formula is C51H58O4. The number of fused-ring (bicyclic) bond motifs is 2. The summed E-state index contributed by atoms with van der Waals surface area (Å²) in [7, 11) is 0. The van der Waals surface area contributed by atoms with Crippen LogP contribution in [0.1, 0.15) is 118 Å². The van der Waals surface area contributed by atoms with Gasteiger partial charge >= 0.3 is 0 Å². The highest BCUT2D eigenvalue weighted by Crippen LogP contribution is 2.68. The second-order valence-corrected chi connectivity index (χ2v) is 20.5. The maximum absolute atomic E-state index is 15.1. The first-order chi connectivity index (χ1) is 25.3. The Morgan fingerprint density at radius 2 is 0.709 bits per heavy atom. The van der Waals surface area contributed by atoms with Gasteiger partial charge in [0.05, 0.1) is 0 Å². The zero-order valence-corrected chi connectivity index (χ0v) is 35.4. The van der Waals surface area contributed by atoms with Gasteiger partial charge in [-0.3, -0.25) is 19.2 Å². The molecule has 286 valence electrons. The van der Waals surface area contributed by atoms with E-state index in [-0.39, 0.29) is 23.1 Å². The van der Waals surface area contributed by atoms with Gasteiger partial charge in [0.1, 0.15) is 0 Å². The van der Waals surface area contributed by atoms with Gasteiger partial charge in [0.2, 0.25) is 0 Å². The molecule has 0 amide bonds. The predicted octanol–water partition coefficient (Wildman–Crippen LogP) is 12.0. The Hall–Kier alpha value is -4.70. The van der Waals surface area contributed by atoms with Crippen LogP contribution in [0, 0.1) is 38.9 Å². The molecule has 0 aliphatic heterocycles. The monoisotopic (exact) mass is 734 g/mol. The first kappa shape index (κ1) is 40.0. The number of allylic oxidation sites excluding steroid dienone is 14. The summed E-state index contributed by atoms with van der Waals surface area (Å²) in [6.07, 6.45) is 8.18. The Balaban J connectivity index is 1.86. The Bertz CT molecular complexity index is 2010. The van der Waals surface area contributed by atoms with Crippen molar-refractivity contribution in [1.29, 1.82) is 0 Å². The highest BCUT2D eigenvalue weighted by atomic mass is 16.1. The first-order valence-corrected chi connectivity index (χ1v) is 19.7. The summed E-state index contributed by atoms with van der Waals surface area (Å²) < 4.78 is 0. The van der Waals surface area contributed by atoms with Crippen molar-refractivity contribution in [3.05, 3.63) is 152 Å². The summed E-state index contributed by atoms with van der Waals surface area (Å²) in [4.78, 5) is 58.8. The zero-order chi connectivity index (χ0) is 40.8. The molecule has 0 spiro atoms. The quantitative estimate of drug-likeness (QED) is 0.293. The van der Waals surface area contributed by atoms with E-state index < -0.39 is 38.9 Å². The standard InChI is InChI=1S/C51H58O4/c1-47(2,3)33-25-31(26-34(45(33)54)48(4,5)6)37-38(32-27-35(49(7,8)9)46(55)36(28-32)50(10,11)12)42-40(44(53)30-23-19-16-20-24-30)39(41(37)51(42,13)14)43(52)29-21-17-15-18-22-29/h15-28,41-42H,1-14H3. The average Bonchev–Trinajstić information content (AvgIpc) is 3.46. The van der Waals surface area contributed by atoms with Crippen LogP contribution in [0.3, 0.4) is 0 Å². The smallest absolute Gasteiger partial charge is 0.190 e. The van der Waals surface area contributed by atoms with E-state index in [1.807, 2.05) is 85.0 Å². The largest absolute Gasteiger partial charge is 0.289 e. The molecule has 0 heterocycles. The van der Waals surface area contributed by atoms with Gasteiger partial charge in [-0.05, 0) is 73.7 Å². The molecule has 4 nitrogen and oxygen atoms in total. The lowest BCUT2D eigenvalue weighted by Gasteiger charge is -2.35. The van der Waals surface area contributed by atoms with Gasteiger partial charge < -0.3 is 0 Å². The van der Waals surface area contributed by atoms with Crippen LogP contribution in [0.5, 0.6) is 0 Å². The highest BCUT2D eigenvalue weighted by molar-refractivity contribution is 6.21. The SMILES string of the molecule is CC(C)(C)C1=CC(=C2C(=C3C=C(C(C)(C)C)C(=O)C(C(C)(C)C)=C3)C3C(C(=O)c4ccccc4)=C(C(=O)c4ccccc4)C2C3(C)C)C=C(C(C)(C)C)C1=O. The minimum atomic E-state index is -0.621. The Labute approximate surface area is 329 Å². The van der Waals surface area contributed by atoms with Gasteiger partial charge in [-0.2, -0.15) is 0 Å². The van der Waals surface area contributed by atoms with E-state index >= 15 is 9.59 Å². The van der Waals surface area contributed by atoms with Gasteiger partial charge in [-0.1, -0.05) is 158 Å². The molecule has 4 aliphatic carbocycles. The van der Waals surface area contributed by atoms with Crippen LogP contribution < -0.4 is 0 Å². The maximum atomic E-state index is 15.1. The van der Waals surface area contributed by atoms with E-state index in [1.54, 1.807) is 0 Å². The number of benzene rings is 2. The molecule has 2 aromatic carbocycles. The third-order valence-electron chi connectivity index (χ3n) is 11.8. The van der Waals surface area contributed by atoms with Crippen molar-refractivity contribution in [1.82, 2.24) is 0 Å². The van der Waals surface area contributed by atoms with E-state index in [0.29, 0.717) is 44.6 Å². The predicted molar refractivity (Wildman–Crippen MR) is 224 cm³/mol. The fraction of sp³-hybridized carbons (Fsp3) is 0.412. The normalized spacial score (nSPS) is 21.9. The summed E-state index contributed by atoms with van der Waals surface area (Å²) in [6.45, 7) is 29.2. The van der Waals surface area contributed by atoms with Crippen molar-refractivity contribution in [2.45, 2.75) is 96.9 Å². The number of carbonyl (C=O) groups excluding carboxylic acids is 4. The van der Waals surface area contributed by atoms with Crippen LogP contribution in [0.15, 0.2) is 141 Å². The van der Waals surface area contributed by atoms with Crippen molar-refractivity contribution >= 4 is 23.1 Å². The molecule has 2 atom stereocenters. The zero-order valence-electron chi connectivity index (χ0n) is 35.4. The minimum absolute atomic E-state index is 0.0325. The molecule has 0 N–H and O–H groups in total. The molecule has 0 radical (unpaired) electrons. The van der Waals surface area contributed by atoms with Crippen LogP contribution in [-0.2, 0) is 9.59 Å². The fourth-order valence-corrected chi connectivity index (χ4v) is 9.00. The molecule has 0 saturated heterocycles. The van der Waals surface area contributed by atoms with Crippen molar-refractivity contribution < 1.29 is 19.2 Å². The Kier molecular flexibility index (Phi) is 9.60. The van der Waals surface area contributed by atoms with E-state index in [2.05, 4.69) is 96.9 Å². The number of hydrogen-bond donors (Lipinski definition) is 0. The molecule has 1 fully saturated rings. The maximum Gasteiger partial charge on any atom is 0.190 e. The number of rotatable bonds is 4. The van der Waals surface area contributed by atoms with Crippen molar-refractivity contribution in [2.75, 3.05) is 0 Å². The van der Waals surface area contributed by atoms with Gasteiger partial charge in [0.15, 0.2) is 23.1 Å². The molecule has 2 aromatic rings. The number of carbonyl (C=O) groups is 4. The summed E-state index contributed by atoms with van der Waals surface area (Å²) >= 11 is 0. The lowest BCUT2D eigenvalue weighted by atomic mass is 9.68. The molecule has 0 aromatic heterocycles. The molecule has 1 saturated carbocycles. The average molecular weight is 735 g/mol. The first-order valence-electron chi connectivity index (χ1n) is 19.7. The van der Waals surface area contributed by atoms with E-state index in [4.69, 9.17) is 0 Å². The van der Waals surface area contributed by atoms with Crippen molar-refractivity contribution in [3.8, 4) is 0 Å². The molecule has 6 rings (SSSR count). The van der Waals surface area contributed by atoms with Crippen LogP contribution in [0.4, 0.5) is 0 Å².